The summed E-state index contributed by atoms with van der Waals surface area (Å²) in [6.45, 7) is 4.02. The Morgan fingerprint density at radius 3 is 2.42 bits per heavy atom. The molecule has 2 amide bonds. The van der Waals surface area contributed by atoms with Gasteiger partial charge in [-0.15, -0.1) is 11.8 Å². The highest BCUT2D eigenvalue weighted by Crippen LogP contribution is 2.27. The topological polar surface area (TPSA) is 56.8 Å². The van der Waals surface area contributed by atoms with Crippen LogP contribution in [0.4, 0.5) is 0 Å². The number of pyridine rings is 1. The Balaban J connectivity index is 1.31. The highest BCUT2D eigenvalue weighted by Gasteiger charge is 2.25. The predicted molar refractivity (Wildman–Crippen MR) is 132 cm³/mol. The third kappa shape index (κ3) is 6.36. The van der Waals surface area contributed by atoms with E-state index in [0.29, 0.717) is 30.4 Å². The van der Waals surface area contributed by atoms with Gasteiger partial charge < -0.3 is 9.80 Å². The number of benzene rings is 1. The highest BCUT2D eigenvalue weighted by atomic mass is 32.2. The van der Waals surface area contributed by atoms with Crippen molar-refractivity contribution in [3.8, 4) is 0 Å². The molecule has 2 aliphatic rings. The first-order valence-electron chi connectivity index (χ1n) is 12.0. The van der Waals surface area contributed by atoms with Gasteiger partial charge in [0.2, 0.25) is 5.91 Å². The van der Waals surface area contributed by atoms with Crippen molar-refractivity contribution < 1.29 is 9.59 Å². The number of thioether (sulfide) groups is 1. The number of amides is 2. The first-order chi connectivity index (χ1) is 16.1. The minimum atomic E-state index is 0.0646. The zero-order valence-electron chi connectivity index (χ0n) is 19.5. The largest absolute Gasteiger partial charge is 0.342 e. The van der Waals surface area contributed by atoms with Crippen LogP contribution in [-0.2, 0) is 11.3 Å². The van der Waals surface area contributed by atoms with Gasteiger partial charge in [-0.1, -0.05) is 31.4 Å². The van der Waals surface area contributed by atoms with Crippen LogP contribution < -0.4 is 0 Å². The Morgan fingerprint density at radius 1 is 1.00 bits per heavy atom. The van der Waals surface area contributed by atoms with Gasteiger partial charge in [-0.25, -0.2) is 0 Å². The first kappa shape index (κ1) is 23.8. The molecule has 1 saturated carbocycles. The van der Waals surface area contributed by atoms with Crippen molar-refractivity contribution in [3.05, 3.63) is 59.9 Å². The van der Waals surface area contributed by atoms with Gasteiger partial charge in [0.15, 0.2) is 0 Å². The molecule has 0 N–H and O–H groups in total. The van der Waals surface area contributed by atoms with Gasteiger partial charge in [0, 0.05) is 63.1 Å². The first-order valence-corrected chi connectivity index (χ1v) is 13.0. The van der Waals surface area contributed by atoms with E-state index in [0.717, 1.165) is 37.4 Å². The molecule has 1 aromatic heterocycles. The summed E-state index contributed by atoms with van der Waals surface area (Å²) in [6.07, 6.45) is 9.55. The van der Waals surface area contributed by atoms with E-state index in [9.17, 15) is 9.59 Å². The SMILES string of the molecule is CN(C(=O)CSc1ccccc1C(=O)N1CCN(Cc2ccncc2)CC1)C1CCCCC1. The lowest BCUT2D eigenvalue weighted by Gasteiger charge is -2.35. The summed E-state index contributed by atoms with van der Waals surface area (Å²) in [4.78, 5) is 37.3. The van der Waals surface area contributed by atoms with Crippen LogP contribution in [0.5, 0.6) is 0 Å². The third-order valence-electron chi connectivity index (χ3n) is 6.80. The lowest BCUT2D eigenvalue weighted by molar-refractivity contribution is -0.129. The number of hydrogen-bond acceptors (Lipinski definition) is 5. The molecule has 2 fully saturated rings. The summed E-state index contributed by atoms with van der Waals surface area (Å²) in [5, 5.41) is 0. The minimum Gasteiger partial charge on any atom is -0.342 e. The molecule has 33 heavy (non-hydrogen) atoms. The van der Waals surface area contributed by atoms with Crippen LogP contribution >= 0.6 is 11.8 Å². The number of piperazine rings is 1. The zero-order chi connectivity index (χ0) is 23.0. The average molecular weight is 467 g/mol. The average Bonchev–Trinajstić information content (AvgIpc) is 2.88. The Labute approximate surface area is 201 Å². The van der Waals surface area contributed by atoms with E-state index >= 15 is 0 Å². The summed E-state index contributed by atoms with van der Waals surface area (Å²) in [7, 11) is 1.93. The Kier molecular flexibility index (Phi) is 8.40. The molecule has 0 bridgehead atoms. The smallest absolute Gasteiger partial charge is 0.255 e. The predicted octanol–water partition coefficient (Wildman–Crippen LogP) is 3.92. The second-order valence-corrected chi connectivity index (χ2v) is 10.0. The van der Waals surface area contributed by atoms with Crippen molar-refractivity contribution >= 4 is 23.6 Å². The van der Waals surface area contributed by atoms with E-state index in [2.05, 4.69) is 9.88 Å². The fourth-order valence-electron chi connectivity index (χ4n) is 4.71. The Hall–Kier alpha value is -2.38. The molecule has 7 heteroatoms. The molecule has 2 aromatic rings. The quantitative estimate of drug-likeness (QED) is 0.579. The summed E-state index contributed by atoms with van der Waals surface area (Å²) in [5.41, 5.74) is 1.95. The van der Waals surface area contributed by atoms with Crippen molar-refractivity contribution in [2.45, 2.75) is 49.6 Å². The van der Waals surface area contributed by atoms with Gasteiger partial charge in [-0.3, -0.25) is 19.5 Å². The third-order valence-corrected chi connectivity index (χ3v) is 7.86. The number of carbonyl (C=O) groups is 2. The van der Waals surface area contributed by atoms with Gasteiger partial charge in [0.25, 0.3) is 5.91 Å². The van der Waals surface area contributed by atoms with E-state index in [1.807, 2.05) is 65.6 Å². The Morgan fingerprint density at radius 2 is 1.70 bits per heavy atom. The molecule has 0 radical (unpaired) electrons. The number of hydrogen-bond donors (Lipinski definition) is 0. The number of aromatic nitrogens is 1. The van der Waals surface area contributed by atoms with E-state index in [4.69, 9.17) is 0 Å². The summed E-state index contributed by atoms with van der Waals surface area (Å²) >= 11 is 1.49. The maximum absolute atomic E-state index is 13.3. The molecule has 0 unspecified atom stereocenters. The number of carbonyl (C=O) groups excluding carboxylic acids is 2. The van der Waals surface area contributed by atoms with Gasteiger partial charge in [-0.05, 0) is 42.7 Å². The van der Waals surface area contributed by atoms with E-state index < -0.39 is 0 Å². The van der Waals surface area contributed by atoms with Gasteiger partial charge in [-0.2, -0.15) is 0 Å². The molecule has 2 heterocycles. The molecular formula is C26H34N4O2S. The lowest BCUT2D eigenvalue weighted by Crippen LogP contribution is -2.48. The highest BCUT2D eigenvalue weighted by molar-refractivity contribution is 8.00. The number of rotatable bonds is 7. The molecule has 0 spiro atoms. The fourth-order valence-corrected chi connectivity index (χ4v) is 5.68. The molecule has 176 valence electrons. The monoisotopic (exact) mass is 466 g/mol. The molecule has 6 nitrogen and oxygen atoms in total. The van der Waals surface area contributed by atoms with Crippen LogP contribution in [0.3, 0.4) is 0 Å². The summed E-state index contributed by atoms with van der Waals surface area (Å²) < 4.78 is 0. The van der Waals surface area contributed by atoms with E-state index in [1.54, 1.807) is 0 Å². The molecule has 4 rings (SSSR count). The summed E-state index contributed by atoms with van der Waals surface area (Å²) in [6, 6.07) is 12.2. The summed E-state index contributed by atoms with van der Waals surface area (Å²) in [5.74, 6) is 0.588. The zero-order valence-corrected chi connectivity index (χ0v) is 20.3. The minimum absolute atomic E-state index is 0.0646. The van der Waals surface area contributed by atoms with E-state index in [-0.39, 0.29) is 11.8 Å². The van der Waals surface area contributed by atoms with Crippen LogP contribution in [0.15, 0.2) is 53.7 Å². The standard InChI is InChI=1S/C26H34N4O2S/c1-28(22-7-3-2-4-8-22)25(31)20-33-24-10-6-5-9-23(24)26(32)30-17-15-29(16-18-30)19-21-11-13-27-14-12-21/h5-6,9-14,22H,2-4,7-8,15-20H2,1H3. The van der Waals surface area contributed by atoms with Crippen LogP contribution in [0.1, 0.15) is 48.0 Å². The second-order valence-electron chi connectivity index (χ2n) is 9.01. The van der Waals surface area contributed by atoms with Crippen LogP contribution in [0.2, 0.25) is 0 Å². The maximum atomic E-state index is 13.3. The normalized spacial score (nSPS) is 17.7. The molecule has 1 saturated heterocycles. The maximum Gasteiger partial charge on any atom is 0.255 e. The molecule has 1 aromatic carbocycles. The number of nitrogens with zero attached hydrogens (tertiary/aromatic N) is 4. The second kappa shape index (κ2) is 11.7. The molecule has 0 atom stereocenters. The fraction of sp³-hybridized carbons (Fsp3) is 0.500. The lowest BCUT2D eigenvalue weighted by atomic mass is 9.94. The Bertz CT molecular complexity index is 925. The molecule has 1 aliphatic heterocycles. The van der Waals surface area contributed by atoms with Crippen molar-refractivity contribution in [3.63, 3.8) is 0 Å². The van der Waals surface area contributed by atoms with Crippen molar-refractivity contribution in [2.75, 3.05) is 39.0 Å². The van der Waals surface area contributed by atoms with Crippen LogP contribution in [-0.4, -0.2) is 76.5 Å². The van der Waals surface area contributed by atoms with Crippen molar-refractivity contribution in [1.82, 2.24) is 19.7 Å². The van der Waals surface area contributed by atoms with Crippen LogP contribution in [0.25, 0.3) is 0 Å². The van der Waals surface area contributed by atoms with Crippen molar-refractivity contribution in [1.29, 1.82) is 0 Å². The van der Waals surface area contributed by atoms with Gasteiger partial charge in [0.05, 0.1) is 11.3 Å². The van der Waals surface area contributed by atoms with Crippen molar-refractivity contribution in [2.24, 2.45) is 0 Å². The molecular weight excluding hydrogens is 432 g/mol. The molecule has 1 aliphatic carbocycles. The van der Waals surface area contributed by atoms with Crippen LogP contribution in [0, 0.1) is 0 Å². The van der Waals surface area contributed by atoms with Gasteiger partial charge in [0.1, 0.15) is 0 Å². The van der Waals surface area contributed by atoms with Gasteiger partial charge >= 0.3 is 0 Å². The van der Waals surface area contributed by atoms with E-state index in [1.165, 1.54) is 36.6 Å².